The molecule has 6 nitrogen and oxygen atoms in total. The van der Waals surface area contributed by atoms with Gasteiger partial charge in [0.25, 0.3) is 0 Å². The number of hydrogen-bond acceptors (Lipinski definition) is 5. The molecule has 0 aliphatic heterocycles. The number of carbonyl (C=O) groups is 2. The Morgan fingerprint density at radius 1 is 0.397 bits per heavy atom. The fourth-order valence-corrected chi connectivity index (χ4v) is 9.51. The van der Waals surface area contributed by atoms with Gasteiger partial charge in [0.05, 0.1) is 25.4 Å². The van der Waals surface area contributed by atoms with Crippen molar-refractivity contribution in [1.82, 2.24) is 5.32 Å². The molecule has 0 saturated carbocycles. The molecule has 0 spiro atoms. The van der Waals surface area contributed by atoms with Crippen molar-refractivity contribution in [3.8, 4) is 0 Å². The van der Waals surface area contributed by atoms with Crippen molar-refractivity contribution < 1.29 is 24.5 Å². The van der Waals surface area contributed by atoms with Crippen LogP contribution in [-0.2, 0) is 14.3 Å². The number of aliphatic hydroxyl groups excluding tert-OH is 2. The lowest BCUT2D eigenvalue weighted by atomic mass is 10.0. The van der Waals surface area contributed by atoms with Crippen LogP contribution in [0.3, 0.4) is 0 Å². The third-order valence-electron chi connectivity index (χ3n) is 14.2. The van der Waals surface area contributed by atoms with Crippen LogP contribution >= 0.6 is 0 Å². The third-order valence-corrected chi connectivity index (χ3v) is 14.2. The number of unbranched alkanes of at least 4 members (excludes halogenated alkanes) is 44. The summed E-state index contributed by atoms with van der Waals surface area (Å²) in [5, 5.41) is 23.1. The van der Waals surface area contributed by atoms with Crippen LogP contribution in [0.2, 0.25) is 0 Å². The molecule has 6 heteroatoms. The van der Waals surface area contributed by atoms with E-state index in [0.29, 0.717) is 19.4 Å². The van der Waals surface area contributed by atoms with Crippen molar-refractivity contribution in [1.29, 1.82) is 0 Å². The second-order valence-corrected chi connectivity index (χ2v) is 21.0. The third kappa shape index (κ3) is 53.7. The van der Waals surface area contributed by atoms with Crippen LogP contribution < -0.4 is 5.32 Å². The maximum atomic E-state index is 12.5. The highest BCUT2D eigenvalue weighted by Gasteiger charge is 2.18. The zero-order valence-electron chi connectivity index (χ0n) is 45.9. The summed E-state index contributed by atoms with van der Waals surface area (Å²) in [5.74, 6) is -0.0625. The van der Waals surface area contributed by atoms with Crippen LogP contribution in [0.5, 0.6) is 0 Å². The summed E-state index contributed by atoms with van der Waals surface area (Å²) >= 11 is 0. The van der Waals surface area contributed by atoms with E-state index in [1.165, 1.54) is 263 Å². The molecular weight excluding hydrogens is 839 g/mol. The van der Waals surface area contributed by atoms with Crippen LogP contribution in [0, 0.1) is 0 Å². The van der Waals surface area contributed by atoms with Crippen molar-refractivity contribution in [3.05, 3.63) is 24.3 Å². The maximum absolute atomic E-state index is 12.5. The fraction of sp³-hybridized carbons (Fsp3) is 0.903. The Balaban J connectivity index is 3.44. The van der Waals surface area contributed by atoms with Gasteiger partial charge in [-0.2, -0.15) is 0 Å². The van der Waals surface area contributed by atoms with Crippen molar-refractivity contribution in [2.24, 2.45) is 0 Å². The zero-order chi connectivity index (χ0) is 49.3. The van der Waals surface area contributed by atoms with Crippen molar-refractivity contribution in [2.75, 3.05) is 13.2 Å². The molecule has 0 rings (SSSR count). The average molecular weight is 959 g/mol. The number of nitrogens with one attached hydrogen (secondary N) is 1. The summed E-state index contributed by atoms with van der Waals surface area (Å²) in [5.41, 5.74) is 0. The Kier molecular flexibility index (Phi) is 56.5. The number of rotatable bonds is 57. The molecule has 3 N–H and O–H groups in total. The summed E-state index contributed by atoms with van der Waals surface area (Å²) in [6.07, 6.45) is 70.7. The van der Waals surface area contributed by atoms with Gasteiger partial charge >= 0.3 is 5.97 Å². The van der Waals surface area contributed by atoms with Gasteiger partial charge in [-0.1, -0.05) is 289 Å². The monoisotopic (exact) mass is 958 g/mol. The van der Waals surface area contributed by atoms with Gasteiger partial charge in [-0.3, -0.25) is 9.59 Å². The molecule has 402 valence electrons. The van der Waals surface area contributed by atoms with Crippen LogP contribution in [0.4, 0.5) is 0 Å². The Morgan fingerprint density at radius 2 is 0.691 bits per heavy atom. The average Bonchev–Trinajstić information content (AvgIpc) is 3.34. The molecule has 0 fully saturated rings. The predicted octanol–water partition coefficient (Wildman–Crippen LogP) is 19.0. The predicted molar refractivity (Wildman–Crippen MR) is 296 cm³/mol. The van der Waals surface area contributed by atoms with Crippen molar-refractivity contribution >= 4 is 11.9 Å². The van der Waals surface area contributed by atoms with E-state index in [-0.39, 0.29) is 18.5 Å². The molecule has 0 bridgehead atoms. The summed E-state index contributed by atoms with van der Waals surface area (Å²) in [7, 11) is 0. The normalized spacial score (nSPS) is 12.7. The number of allylic oxidation sites excluding steroid dienone is 3. The van der Waals surface area contributed by atoms with E-state index in [9.17, 15) is 19.8 Å². The summed E-state index contributed by atoms with van der Waals surface area (Å²) < 4.78 is 5.47. The molecule has 0 radical (unpaired) electrons. The summed E-state index contributed by atoms with van der Waals surface area (Å²) in [6, 6.07) is -0.633. The minimum atomic E-state index is -0.848. The van der Waals surface area contributed by atoms with Gasteiger partial charge < -0.3 is 20.3 Å². The maximum Gasteiger partial charge on any atom is 0.305 e. The molecule has 0 heterocycles. The molecule has 0 aromatic heterocycles. The van der Waals surface area contributed by atoms with E-state index in [0.717, 1.165) is 44.9 Å². The minimum absolute atomic E-state index is 0.0103. The van der Waals surface area contributed by atoms with E-state index in [4.69, 9.17) is 4.74 Å². The van der Waals surface area contributed by atoms with Gasteiger partial charge in [-0.05, 0) is 57.8 Å². The number of ether oxygens (including phenoxy) is 1. The van der Waals surface area contributed by atoms with E-state index < -0.39 is 12.1 Å². The molecule has 1 amide bonds. The molecule has 2 atom stereocenters. The molecule has 0 aliphatic rings. The first kappa shape index (κ1) is 66.3. The Hall–Kier alpha value is -1.66. The first-order chi connectivity index (χ1) is 33.5. The molecule has 2 unspecified atom stereocenters. The Morgan fingerprint density at radius 3 is 1.04 bits per heavy atom. The zero-order valence-corrected chi connectivity index (χ0v) is 45.9. The smallest absolute Gasteiger partial charge is 0.305 e. The number of hydrogen-bond donors (Lipinski definition) is 3. The summed E-state index contributed by atoms with van der Waals surface area (Å²) in [4.78, 5) is 24.5. The number of carbonyl (C=O) groups excluding carboxylic acids is 2. The highest BCUT2D eigenvalue weighted by molar-refractivity contribution is 5.76. The van der Waals surface area contributed by atoms with E-state index >= 15 is 0 Å². The molecule has 68 heavy (non-hydrogen) atoms. The van der Waals surface area contributed by atoms with Crippen LogP contribution in [-0.4, -0.2) is 47.4 Å². The SMILES string of the molecule is CCCCCCCCCCCCCCCCC/C=C/C(O)C(CO)NC(=O)CCCCCCCCC/C=C\CCCCCCCCCCCCCOC(=O)CCCCCCCCCCCCCC. The first-order valence-corrected chi connectivity index (χ1v) is 30.6. The van der Waals surface area contributed by atoms with E-state index in [1.807, 2.05) is 6.08 Å². The molecule has 0 aromatic carbocycles. The second-order valence-electron chi connectivity index (χ2n) is 21.0. The molecule has 0 aromatic rings. The fourth-order valence-electron chi connectivity index (χ4n) is 9.51. The van der Waals surface area contributed by atoms with Gasteiger partial charge in [0.1, 0.15) is 0 Å². The van der Waals surface area contributed by atoms with Crippen LogP contribution in [0.15, 0.2) is 24.3 Å². The number of aliphatic hydroxyl groups is 2. The molecular formula is C62H119NO5. The first-order valence-electron chi connectivity index (χ1n) is 30.6. The molecule has 0 aliphatic carbocycles. The van der Waals surface area contributed by atoms with Gasteiger partial charge in [-0.15, -0.1) is 0 Å². The standard InChI is InChI=1S/C62H119NO5/c1-3-5-7-9-11-13-15-17-18-25-28-31-34-38-42-46-50-54-60(65)59(58-64)63-61(66)55-51-47-43-39-35-32-29-26-23-21-19-20-22-24-27-30-33-37-41-45-49-53-57-68-62(67)56-52-48-44-40-36-16-14-12-10-8-6-4-2/h21,23,50,54,59-60,64-65H,3-20,22,24-49,51-53,55-58H2,1-2H3,(H,63,66)/b23-21-,54-50+. The van der Waals surface area contributed by atoms with Crippen LogP contribution in [0.1, 0.15) is 335 Å². The van der Waals surface area contributed by atoms with Gasteiger partial charge in [0.2, 0.25) is 5.91 Å². The lowest BCUT2D eigenvalue weighted by Crippen LogP contribution is -2.45. The van der Waals surface area contributed by atoms with Crippen molar-refractivity contribution in [2.45, 2.75) is 347 Å². The van der Waals surface area contributed by atoms with Gasteiger partial charge in [0.15, 0.2) is 0 Å². The van der Waals surface area contributed by atoms with E-state index in [1.54, 1.807) is 6.08 Å². The lowest BCUT2D eigenvalue weighted by molar-refractivity contribution is -0.143. The summed E-state index contributed by atoms with van der Waals surface area (Å²) in [6.45, 7) is 4.92. The van der Waals surface area contributed by atoms with Gasteiger partial charge in [0, 0.05) is 12.8 Å². The lowest BCUT2D eigenvalue weighted by Gasteiger charge is -2.20. The minimum Gasteiger partial charge on any atom is -0.466 e. The Bertz CT molecular complexity index is 1060. The van der Waals surface area contributed by atoms with E-state index in [2.05, 4.69) is 31.3 Å². The largest absolute Gasteiger partial charge is 0.466 e. The number of esters is 1. The van der Waals surface area contributed by atoms with Crippen LogP contribution in [0.25, 0.3) is 0 Å². The topological polar surface area (TPSA) is 95.9 Å². The second kappa shape index (κ2) is 57.9. The Labute approximate surface area is 424 Å². The highest BCUT2D eigenvalue weighted by Crippen LogP contribution is 2.17. The highest BCUT2D eigenvalue weighted by atomic mass is 16.5. The van der Waals surface area contributed by atoms with Crippen molar-refractivity contribution in [3.63, 3.8) is 0 Å². The molecule has 0 saturated heterocycles. The van der Waals surface area contributed by atoms with Gasteiger partial charge in [-0.25, -0.2) is 0 Å². The quantitative estimate of drug-likeness (QED) is 0.0321. The number of amides is 1.